The first-order chi connectivity index (χ1) is 21.9. The summed E-state index contributed by atoms with van der Waals surface area (Å²) in [5, 5.41) is 3.06. The third-order valence-corrected chi connectivity index (χ3v) is 9.68. The number of thiazole rings is 1. The molecule has 2 aliphatic heterocycles. The van der Waals surface area contributed by atoms with Crippen LogP contribution in [-0.4, -0.2) is 88.0 Å². The molecular formula is C31H37BrF3N7O3S. The Morgan fingerprint density at radius 2 is 1.91 bits per heavy atom. The highest BCUT2D eigenvalue weighted by molar-refractivity contribution is 9.10. The van der Waals surface area contributed by atoms with Gasteiger partial charge in [0.1, 0.15) is 11.5 Å². The van der Waals surface area contributed by atoms with Crippen LogP contribution in [0.3, 0.4) is 0 Å². The van der Waals surface area contributed by atoms with Crippen molar-refractivity contribution in [1.29, 1.82) is 0 Å². The van der Waals surface area contributed by atoms with Crippen LogP contribution in [0.4, 0.5) is 24.1 Å². The number of rotatable bonds is 10. The van der Waals surface area contributed by atoms with Gasteiger partial charge in [0.2, 0.25) is 0 Å². The van der Waals surface area contributed by atoms with Crippen LogP contribution in [0.15, 0.2) is 35.1 Å². The molecule has 1 N–H and O–H groups in total. The van der Waals surface area contributed by atoms with E-state index >= 15 is 0 Å². The van der Waals surface area contributed by atoms with Crippen molar-refractivity contribution >= 4 is 50.1 Å². The molecule has 0 saturated carbocycles. The summed E-state index contributed by atoms with van der Waals surface area (Å²) in [5.74, 6) is -0.0716. The maximum absolute atomic E-state index is 13.6. The fraction of sp³-hybridized carbons (Fsp3) is 0.516. The molecule has 2 atom stereocenters. The predicted octanol–water partition coefficient (Wildman–Crippen LogP) is 6.08. The Morgan fingerprint density at radius 3 is 2.57 bits per heavy atom. The molecule has 1 aromatic carbocycles. The summed E-state index contributed by atoms with van der Waals surface area (Å²) >= 11 is 4.47. The molecule has 5 rings (SSSR count). The van der Waals surface area contributed by atoms with Crippen LogP contribution in [0.1, 0.15) is 61.0 Å². The fourth-order valence-electron chi connectivity index (χ4n) is 5.85. The summed E-state index contributed by atoms with van der Waals surface area (Å²) in [6.45, 7) is 10.6. The molecule has 2 aliphatic rings. The van der Waals surface area contributed by atoms with Crippen LogP contribution in [0.2, 0.25) is 0 Å². The predicted molar refractivity (Wildman–Crippen MR) is 174 cm³/mol. The molecule has 2 fully saturated rings. The van der Waals surface area contributed by atoms with E-state index in [4.69, 9.17) is 4.74 Å². The number of esters is 1. The van der Waals surface area contributed by atoms with Crippen LogP contribution in [-0.2, 0) is 22.3 Å². The van der Waals surface area contributed by atoms with Crippen molar-refractivity contribution in [3.63, 3.8) is 0 Å². The third-order valence-electron chi connectivity index (χ3n) is 8.27. The van der Waals surface area contributed by atoms with Gasteiger partial charge in [0.05, 0.1) is 36.7 Å². The highest BCUT2D eigenvalue weighted by Gasteiger charge is 2.32. The van der Waals surface area contributed by atoms with E-state index < -0.39 is 17.6 Å². The number of aromatic nitrogens is 3. The molecule has 10 nitrogen and oxygen atoms in total. The lowest BCUT2D eigenvalue weighted by molar-refractivity contribution is -0.143. The molecule has 0 bridgehead atoms. The normalized spacial score (nSPS) is 19.4. The second-order valence-corrected chi connectivity index (χ2v) is 13.6. The van der Waals surface area contributed by atoms with Gasteiger partial charge in [-0.2, -0.15) is 13.2 Å². The van der Waals surface area contributed by atoms with E-state index in [2.05, 4.69) is 64.7 Å². The summed E-state index contributed by atoms with van der Waals surface area (Å²) in [6.07, 6.45) is 0.901. The number of anilines is 2. The van der Waals surface area contributed by atoms with Gasteiger partial charge in [-0.15, -0.1) is 0 Å². The lowest BCUT2D eigenvalue weighted by atomic mass is 10.1. The topological polar surface area (TPSA) is 104 Å². The Bertz CT molecular complexity index is 1540. The number of nitrogens with one attached hydrogen (secondary N) is 1. The molecule has 15 heteroatoms. The van der Waals surface area contributed by atoms with Crippen molar-refractivity contribution in [2.45, 2.75) is 64.8 Å². The number of amides is 1. The minimum atomic E-state index is -4.52. The molecule has 46 heavy (non-hydrogen) atoms. The molecule has 0 unspecified atom stereocenters. The Balaban J connectivity index is 1.29. The van der Waals surface area contributed by atoms with E-state index in [9.17, 15) is 22.8 Å². The molecule has 2 saturated heterocycles. The third kappa shape index (κ3) is 8.41. The minimum absolute atomic E-state index is 0.0951. The van der Waals surface area contributed by atoms with Crippen molar-refractivity contribution in [3.05, 3.63) is 51.2 Å². The number of ether oxygens (including phenoxy) is 1. The van der Waals surface area contributed by atoms with Gasteiger partial charge in [0.25, 0.3) is 5.91 Å². The number of piperazine rings is 1. The van der Waals surface area contributed by atoms with Crippen molar-refractivity contribution < 1.29 is 27.5 Å². The highest BCUT2D eigenvalue weighted by Crippen LogP contribution is 2.39. The molecule has 0 aliphatic carbocycles. The van der Waals surface area contributed by atoms with Crippen molar-refractivity contribution in [3.8, 4) is 11.3 Å². The Kier molecular flexibility index (Phi) is 11.0. The van der Waals surface area contributed by atoms with Crippen molar-refractivity contribution in [2.75, 3.05) is 49.5 Å². The van der Waals surface area contributed by atoms with Gasteiger partial charge < -0.3 is 9.64 Å². The van der Waals surface area contributed by atoms with Crippen LogP contribution >= 0.6 is 27.3 Å². The molecule has 0 spiro atoms. The van der Waals surface area contributed by atoms with Gasteiger partial charge in [-0.05, 0) is 58.4 Å². The standard InChI is InChI=1S/C31H37BrF3N7O3S/c1-4-45-27(43)7-9-40-10-11-42(20(3)17-40)26-16-36-24(15-37-26)29(44)39-30-38-28(25(46-30)18-41-8-5-6-19(41)2)21-12-22(31(33,34)35)14-23(32)13-21/h12-16,19-20H,4-11,17-18H2,1-3H3,(H,38,39,44)/t19-,20-/m1/s1. The maximum Gasteiger partial charge on any atom is 0.416 e. The van der Waals surface area contributed by atoms with E-state index in [1.807, 2.05) is 0 Å². The number of likely N-dealkylation sites (tertiary alicyclic amines) is 1. The van der Waals surface area contributed by atoms with Gasteiger partial charge in [-0.25, -0.2) is 15.0 Å². The number of carbonyl (C=O) groups excluding carboxylic acids is 2. The van der Waals surface area contributed by atoms with Crippen LogP contribution < -0.4 is 10.2 Å². The van der Waals surface area contributed by atoms with Gasteiger partial charge in [-0.3, -0.25) is 24.7 Å². The summed E-state index contributed by atoms with van der Waals surface area (Å²) < 4.78 is 46.2. The number of hydrogen-bond acceptors (Lipinski definition) is 10. The Labute approximate surface area is 278 Å². The second-order valence-electron chi connectivity index (χ2n) is 11.6. The molecular weight excluding hydrogens is 687 g/mol. The summed E-state index contributed by atoms with van der Waals surface area (Å²) in [6, 6.07) is 4.19. The summed E-state index contributed by atoms with van der Waals surface area (Å²) in [5.41, 5.74) is 0.0408. The Hall–Kier alpha value is -3.14. The van der Waals surface area contributed by atoms with E-state index in [0.717, 1.165) is 49.5 Å². The average Bonchev–Trinajstić information content (AvgIpc) is 3.60. The summed E-state index contributed by atoms with van der Waals surface area (Å²) in [7, 11) is 0. The number of halogens is 4. The quantitative estimate of drug-likeness (QED) is 0.249. The zero-order valence-corrected chi connectivity index (χ0v) is 28.3. The van der Waals surface area contributed by atoms with E-state index in [1.165, 1.54) is 17.5 Å². The van der Waals surface area contributed by atoms with Crippen molar-refractivity contribution in [2.24, 2.45) is 0 Å². The molecule has 4 heterocycles. The van der Waals surface area contributed by atoms with Gasteiger partial charge in [-0.1, -0.05) is 27.3 Å². The van der Waals surface area contributed by atoms with E-state index in [1.54, 1.807) is 19.2 Å². The molecule has 1 amide bonds. The van der Waals surface area contributed by atoms with E-state index in [-0.39, 0.29) is 22.8 Å². The zero-order valence-electron chi connectivity index (χ0n) is 25.9. The lowest BCUT2D eigenvalue weighted by Gasteiger charge is -2.40. The maximum atomic E-state index is 13.6. The van der Waals surface area contributed by atoms with Gasteiger partial charge in [0, 0.05) is 59.7 Å². The first kappa shape index (κ1) is 34.2. The first-order valence-electron chi connectivity index (χ1n) is 15.3. The number of hydrogen-bond donors (Lipinski definition) is 1. The number of carbonyl (C=O) groups is 2. The van der Waals surface area contributed by atoms with E-state index in [0.29, 0.717) is 60.3 Å². The lowest BCUT2D eigenvalue weighted by Crippen LogP contribution is -2.52. The number of alkyl halides is 3. The van der Waals surface area contributed by atoms with Crippen LogP contribution in [0.5, 0.6) is 0 Å². The number of nitrogens with zero attached hydrogens (tertiary/aromatic N) is 6. The zero-order chi connectivity index (χ0) is 33.0. The monoisotopic (exact) mass is 723 g/mol. The number of benzene rings is 1. The Morgan fingerprint density at radius 1 is 1.11 bits per heavy atom. The fourth-order valence-corrected chi connectivity index (χ4v) is 7.34. The summed E-state index contributed by atoms with van der Waals surface area (Å²) in [4.78, 5) is 45.8. The van der Waals surface area contributed by atoms with Crippen LogP contribution in [0, 0.1) is 0 Å². The second kappa shape index (κ2) is 14.7. The van der Waals surface area contributed by atoms with Crippen LogP contribution in [0.25, 0.3) is 11.3 Å². The largest absolute Gasteiger partial charge is 0.466 e. The minimum Gasteiger partial charge on any atom is -0.466 e. The van der Waals surface area contributed by atoms with Gasteiger partial charge >= 0.3 is 12.1 Å². The molecule has 248 valence electrons. The molecule has 3 aromatic rings. The molecule has 0 radical (unpaired) electrons. The SMILES string of the molecule is CCOC(=O)CCN1CCN(c2cnc(C(=O)Nc3nc(-c4cc(Br)cc(C(F)(F)F)c4)c(CN4CCC[C@H]4C)s3)cn2)[C@H](C)C1. The smallest absolute Gasteiger partial charge is 0.416 e. The highest BCUT2D eigenvalue weighted by atomic mass is 79.9. The molecule has 2 aromatic heterocycles. The average molecular weight is 725 g/mol. The van der Waals surface area contributed by atoms with Crippen molar-refractivity contribution in [1.82, 2.24) is 24.8 Å². The first-order valence-corrected chi connectivity index (χ1v) is 16.9. The van der Waals surface area contributed by atoms with Gasteiger partial charge in [0.15, 0.2) is 5.13 Å².